The molecule has 3 rings (SSSR count). The van der Waals surface area contributed by atoms with Crippen molar-refractivity contribution in [1.29, 1.82) is 5.26 Å². The highest BCUT2D eigenvalue weighted by Crippen LogP contribution is 2.21. The Morgan fingerprint density at radius 2 is 2.07 bits per heavy atom. The van der Waals surface area contributed by atoms with Gasteiger partial charge in [-0.15, -0.1) is 10.2 Å². The number of hydrogen-bond acceptors (Lipinski definition) is 9. The molecule has 10 nitrogen and oxygen atoms in total. The molecule has 3 heterocycles. The Morgan fingerprint density at radius 1 is 1.26 bits per heavy atom. The normalized spacial score (nSPS) is 14.2. The van der Waals surface area contributed by atoms with Crippen LogP contribution in [0.3, 0.4) is 0 Å². The minimum Gasteiger partial charge on any atom is -0.383 e. The van der Waals surface area contributed by atoms with E-state index >= 15 is 0 Å². The summed E-state index contributed by atoms with van der Waals surface area (Å²) in [5.74, 6) is 0.995. The van der Waals surface area contributed by atoms with Gasteiger partial charge in [0.2, 0.25) is 0 Å². The van der Waals surface area contributed by atoms with E-state index < -0.39 is 0 Å². The van der Waals surface area contributed by atoms with Crippen LogP contribution in [0.5, 0.6) is 0 Å². The van der Waals surface area contributed by atoms with Crippen LogP contribution >= 0.6 is 0 Å². The molecule has 0 aromatic carbocycles. The number of aromatic nitrogens is 4. The first-order valence-corrected chi connectivity index (χ1v) is 8.60. The van der Waals surface area contributed by atoms with Crippen LogP contribution in [0.1, 0.15) is 29.0 Å². The van der Waals surface area contributed by atoms with Crippen LogP contribution in [0, 0.1) is 17.2 Å². The molecule has 0 atom stereocenters. The average molecular weight is 368 g/mol. The minimum absolute atomic E-state index is 0.223. The number of anilines is 3. The van der Waals surface area contributed by atoms with Crippen molar-refractivity contribution < 1.29 is 9.53 Å². The fourth-order valence-electron chi connectivity index (χ4n) is 2.66. The van der Waals surface area contributed by atoms with Gasteiger partial charge in [-0.05, 0) is 18.8 Å². The standard InChI is InChI=1S/C17H20N8O2/c1-19-17(26)16-13(21-8-11-2-4-27-5-3-11)6-14(24-25-16)23-15-10-20-12(7-18)9-22-15/h6,9-11H,2-5,8H2,1H3,(H,19,26)(H2,21,22,23,24). The first kappa shape index (κ1) is 18.5. The van der Waals surface area contributed by atoms with Crippen LogP contribution in [-0.4, -0.2) is 52.9 Å². The van der Waals surface area contributed by atoms with Gasteiger partial charge in [-0.2, -0.15) is 5.26 Å². The molecule has 1 saturated heterocycles. The smallest absolute Gasteiger partial charge is 0.273 e. The molecule has 1 aliphatic heterocycles. The Hall–Kier alpha value is -3.32. The molecule has 3 N–H and O–H groups in total. The number of hydrogen-bond donors (Lipinski definition) is 3. The van der Waals surface area contributed by atoms with Crippen molar-refractivity contribution in [2.24, 2.45) is 5.92 Å². The number of rotatable bonds is 6. The lowest BCUT2D eigenvalue weighted by atomic mass is 10.0. The number of carbonyl (C=O) groups excluding carboxylic acids is 1. The summed E-state index contributed by atoms with van der Waals surface area (Å²) in [6.07, 6.45) is 4.75. The van der Waals surface area contributed by atoms with Crippen LogP contribution < -0.4 is 16.0 Å². The van der Waals surface area contributed by atoms with Gasteiger partial charge in [-0.25, -0.2) is 9.97 Å². The van der Waals surface area contributed by atoms with Crippen LogP contribution in [0.4, 0.5) is 17.3 Å². The first-order valence-electron chi connectivity index (χ1n) is 8.60. The second-order valence-corrected chi connectivity index (χ2v) is 6.03. The molecule has 0 saturated carbocycles. The summed E-state index contributed by atoms with van der Waals surface area (Å²) in [6.45, 7) is 2.23. The minimum atomic E-state index is -0.318. The lowest BCUT2D eigenvalue weighted by Crippen LogP contribution is -2.25. The van der Waals surface area contributed by atoms with Gasteiger partial charge in [0.05, 0.1) is 18.1 Å². The molecule has 140 valence electrons. The lowest BCUT2D eigenvalue weighted by Gasteiger charge is -2.23. The van der Waals surface area contributed by atoms with E-state index in [2.05, 4.69) is 36.1 Å². The molecule has 1 amide bonds. The highest BCUT2D eigenvalue weighted by molar-refractivity contribution is 5.97. The van der Waals surface area contributed by atoms with Crippen LogP contribution in [0.2, 0.25) is 0 Å². The molecule has 27 heavy (non-hydrogen) atoms. The molecule has 0 bridgehead atoms. The van der Waals surface area contributed by atoms with Crippen molar-refractivity contribution in [2.45, 2.75) is 12.8 Å². The Kier molecular flexibility index (Phi) is 6.06. The van der Waals surface area contributed by atoms with Gasteiger partial charge in [0.25, 0.3) is 5.91 Å². The Labute approximate surface area is 156 Å². The zero-order valence-electron chi connectivity index (χ0n) is 14.9. The van der Waals surface area contributed by atoms with E-state index in [0.717, 1.165) is 32.6 Å². The van der Waals surface area contributed by atoms with E-state index in [0.29, 0.717) is 23.2 Å². The SMILES string of the molecule is CNC(=O)c1nnc(Nc2cnc(C#N)cn2)cc1NCC1CCOCC1. The summed E-state index contributed by atoms with van der Waals surface area (Å²) in [5.41, 5.74) is 1.03. The van der Waals surface area contributed by atoms with Crippen LogP contribution in [-0.2, 0) is 4.74 Å². The van der Waals surface area contributed by atoms with Crippen LogP contribution in [0.25, 0.3) is 0 Å². The molecular weight excluding hydrogens is 348 g/mol. The second-order valence-electron chi connectivity index (χ2n) is 6.03. The van der Waals surface area contributed by atoms with E-state index in [9.17, 15) is 4.79 Å². The number of amides is 1. The van der Waals surface area contributed by atoms with E-state index in [-0.39, 0.29) is 17.3 Å². The average Bonchev–Trinajstić information content (AvgIpc) is 2.73. The van der Waals surface area contributed by atoms with E-state index in [1.807, 2.05) is 6.07 Å². The van der Waals surface area contributed by atoms with Crippen LogP contribution in [0.15, 0.2) is 18.5 Å². The van der Waals surface area contributed by atoms with E-state index in [4.69, 9.17) is 10.00 Å². The molecule has 0 aliphatic carbocycles. The molecule has 10 heteroatoms. The summed E-state index contributed by atoms with van der Waals surface area (Å²) in [6, 6.07) is 3.61. The summed E-state index contributed by atoms with van der Waals surface area (Å²) < 4.78 is 5.38. The van der Waals surface area contributed by atoms with Crippen molar-refractivity contribution in [1.82, 2.24) is 25.5 Å². The van der Waals surface area contributed by atoms with Crippen molar-refractivity contribution in [3.8, 4) is 6.07 Å². The molecule has 0 radical (unpaired) electrons. The van der Waals surface area contributed by atoms with Gasteiger partial charge in [0, 0.05) is 32.9 Å². The summed E-state index contributed by atoms with van der Waals surface area (Å²) in [5, 5.41) is 25.7. The number of nitrogens with zero attached hydrogens (tertiary/aromatic N) is 5. The van der Waals surface area contributed by atoms with E-state index in [1.165, 1.54) is 12.4 Å². The van der Waals surface area contributed by atoms with Crippen molar-refractivity contribution in [2.75, 3.05) is 37.4 Å². The predicted octanol–water partition coefficient (Wildman–Crippen LogP) is 1.08. The van der Waals surface area contributed by atoms with Gasteiger partial charge >= 0.3 is 0 Å². The molecule has 2 aromatic rings. The van der Waals surface area contributed by atoms with Crippen molar-refractivity contribution in [3.63, 3.8) is 0 Å². The zero-order chi connectivity index (χ0) is 19.1. The summed E-state index contributed by atoms with van der Waals surface area (Å²) >= 11 is 0. The maximum atomic E-state index is 12.1. The van der Waals surface area contributed by atoms with Crippen molar-refractivity contribution >= 4 is 23.2 Å². The summed E-state index contributed by atoms with van der Waals surface area (Å²) in [7, 11) is 1.55. The molecular formula is C17H20N8O2. The number of nitrogens with one attached hydrogen (secondary N) is 3. The lowest BCUT2D eigenvalue weighted by molar-refractivity contribution is 0.0699. The van der Waals surface area contributed by atoms with E-state index in [1.54, 1.807) is 13.1 Å². The monoisotopic (exact) mass is 368 g/mol. The number of carbonyl (C=O) groups is 1. The fraction of sp³-hybridized carbons (Fsp3) is 0.412. The second kappa shape index (κ2) is 8.86. The Bertz CT molecular complexity index is 828. The largest absolute Gasteiger partial charge is 0.383 e. The summed E-state index contributed by atoms with van der Waals surface area (Å²) in [4.78, 5) is 20.1. The third-order valence-corrected chi connectivity index (χ3v) is 4.18. The Morgan fingerprint density at radius 3 is 2.74 bits per heavy atom. The maximum absolute atomic E-state index is 12.1. The quantitative estimate of drug-likeness (QED) is 0.683. The Balaban J connectivity index is 1.76. The van der Waals surface area contributed by atoms with Gasteiger partial charge in [0.15, 0.2) is 17.2 Å². The highest BCUT2D eigenvalue weighted by atomic mass is 16.5. The van der Waals surface area contributed by atoms with Crippen molar-refractivity contribution in [3.05, 3.63) is 29.8 Å². The third kappa shape index (κ3) is 4.86. The first-order chi connectivity index (χ1) is 13.2. The topological polar surface area (TPSA) is 138 Å². The fourth-order valence-corrected chi connectivity index (χ4v) is 2.66. The third-order valence-electron chi connectivity index (χ3n) is 4.18. The molecule has 1 fully saturated rings. The molecule has 2 aromatic heterocycles. The van der Waals surface area contributed by atoms with Gasteiger partial charge < -0.3 is 20.7 Å². The van der Waals surface area contributed by atoms with Gasteiger partial charge in [-0.3, -0.25) is 4.79 Å². The predicted molar refractivity (Wildman–Crippen MR) is 97.5 cm³/mol. The molecule has 0 unspecified atom stereocenters. The highest BCUT2D eigenvalue weighted by Gasteiger charge is 2.18. The number of nitriles is 1. The maximum Gasteiger partial charge on any atom is 0.273 e. The molecule has 1 aliphatic rings. The zero-order valence-corrected chi connectivity index (χ0v) is 14.9. The molecule has 0 spiro atoms. The van der Waals surface area contributed by atoms with Gasteiger partial charge in [-0.1, -0.05) is 0 Å². The number of ether oxygens (including phenoxy) is 1. The van der Waals surface area contributed by atoms with Gasteiger partial charge in [0.1, 0.15) is 11.9 Å².